The van der Waals surface area contributed by atoms with Crippen molar-refractivity contribution in [3.8, 4) is 0 Å². The normalized spacial score (nSPS) is 10.0. The molecule has 1 aromatic carbocycles. The number of nitrogens with two attached hydrogens (primary N) is 1. The number of hydrogen-bond acceptors (Lipinski definition) is 3. The minimum Gasteiger partial charge on any atom is -0.399 e. The van der Waals surface area contributed by atoms with Crippen molar-refractivity contribution in [1.82, 2.24) is 15.5 Å². The van der Waals surface area contributed by atoms with Crippen LogP contribution in [-0.4, -0.2) is 16.1 Å². The number of rotatable bonds is 3. The van der Waals surface area contributed by atoms with Crippen molar-refractivity contribution in [2.24, 2.45) is 0 Å². The van der Waals surface area contributed by atoms with Crippen molar-refractivity contribution < 1.29 is 4.79 Å². The molecule has 0 radical (unpaired) electrons. The average Bonchev–Trinajstić information content (AvgIpc) is 2.78. The Morgan fingerprint density at radius 3 is 3.00 bits per heavy atom. The zero-order chi connectivity index (χ0) is 11.4. The van der Waals surface area contributed by atoms with Crippen LogP contribution in [0.4, 0.5) is 5.69 Å². The molecule has 0 saturated carbocycles. The molecule has 0 bridgehead atoms. The summed E-state index contributed by atoms with van der Waals surface area (Å²) in [5, 5.41) is 9.32. The van der Waals surface area contributed by atoms with E-state index in [1.807, 2.05) is 0 Å². The number of hydrogen-bond donors (Lipinski definition) is 3. The van der Waals surface area contributed by atoms with Gasteiger partial charge >= 0.3 is 0 Å². The Hall–Kier alpha value is -2.30. The maximum absolute atomic E-state index is 11.7. The second-order valence-electron chi connectivity index (χ2n) is 3.39. The highest BCUT2D eigenvalue weighted by Gasteiger charge is 2.05. The van der Waals surface area contributed by atoms with E-state index in [4.69, 9.17) is 5.73 Å². The fraction of sp³-hybridized carbons (Fsp3) is 0.0909. The van der Waals surface area contributed by atoms with Gasteiger partial charge in [-0.15, -0.1) is 0 Å². The number of nitrogen functional groups attached to an aromatic ring is 1. The standard InChI is InChI=1S/C11H12N4O/c12-9-3-1-2-8(6-9)11(16)13-7-10-4-5-14-15-10/h1-6H,7,12H2,(H,13,16)(H,14,15). The van der Waals surface area contributed by atoms with E-state index < -0.39 is 0 Å². The van der Waals surface area contributed by atoms with Crippen LogP contribution >= 0.6 is 0 Å². The summed E-state index contributed by atoms with van der Waals surface area (Å²) < 4.78 is 0. The van der Waals surface area contributed by atoms with Gasteiger partial charge in [0.25, 0.3) is 5.91 Å². The Labute approximate surface area is 92.7 Å². The summed E-state index contributed by atoms with van der Waals surface area (Å²) in [5.41, 5.74) is 7.58. The number of carbonyl (C=O) groups is 1. The van der Waals surface area contributed by atoms with E-state index in [0.717, 1.165) is 5.69 Å². The highest BCUT2D eigenvalue weighted by molar-refractivity contribution is 5.94. The molecule has 0 fully saturated rings. The summed E-state index contributed by atoms with van der Waals surface area (Å²) in [6, 6.07) is 8.66. The number of benzene rings is 1. The molecule has 0 spiro atoms. The van der Waals surface area contributed by atoms with Crippen molar-refractivity contribution in [3.05, 3.63) is 47.8 Å². The highest BCUT2D eigenvalue weighted by Crippen LogP contribution is 2.06. The van der Waals surface area contributed by atoms with Gasteiger partial charge in [-0.3, -0.25) is 9.89 Å². The first kappa shape index (κ1) is 10.2. The van der Waals surface area contributed by atoms with E-state index in [9.17, 15) is 4.79 Å². The molecular formula is C11H12N4O. The van der Waals surface area contributed by atoms with Crippen molar-refractivity contribution in [1.29, 1.82) is 0 Å². The number of nitrogens with one attached hydrogen (secondary N) is 2. The maximum atomic E-state index is 11.7. The lowest BCUT2D eigenvalue weighted by Gasteiger charge is -2.04. The molecule has 0 aliphatic carbocycles. The van der Waals surface area contributed by atoms with Crippen LogP contribution in [-0.2, 0) is 6.54 Å². The molecule has 1 aromatic heterocycles. The Balaban J connectivity index is 1.98. The number of nitrogens with zero attached hydrogens (tertiary/aromatic N) is 1. The molecule has 82 valence electrons. The highest BCUT2D eigenvalue weighted by atomic mass is 16.1. The Morgan fingerprint density at radius 2 is 2.31 bits per heavy atom. The Kier molecular flexibility index (Phi) is 2.86. The van der Waals surface area contributed by atoms with Gasteiger partial charge in [-0.1, -0.05) is 6.07 Å². The predicted molar refractivity (Wildman–Crippen MR) is 60.6 cm³/mol. The fourth-order valence-corrected chi connectivity index (χ4v) is 1.34. The van der Waals surface area contributed by atoms with Crippen LogP contribution in [0.15, 0.2) is 36.5 Å². The SMILES string of the molecule is Nc1cccc(C(=O)NCc2ccn[nH]2)c1. The Morgan fingerprint density at radius 1 is 1.44 bits per heavy atom. The molecule has 5 nitrogen and oxygen atoms in total. The van der Waals surface area contributed by atoms with Gasteiger partial charge in [-0.2, -0.15) is 5.10 Å². The summed E-state index contributed by atoms with van der Waals surface area (Å²) in [6.45, 7) is 0.424. The number of anilines is 1. The van der Waals surface area contributed by atoms with Gasteiger partial charge in [0.15, 0.2) is 0 Å². The summed E-state index contributed by atoms with van der Waals surface area (Å²) in [4.78, 5) is 11.7. The van der Waals surface area contributed by atoms with Crippen molar-refractivity contribution in [2.45, 2.75) is 6.54 Å². The van der Waals surface area contributed by atoms with Crippen LogP contribution in [0.1, 0.15) is 16.1 Å². The third-order valence-corrected chi connectivity index (χ3v) is 2.15. The first-order chi connectivity index (χ1) is 7.75. The van der Waals surface area contributed by atoms with Gasteiger partial charge in [0.1, 0.15) is 0 Å². The van der Waals surface area contributed by atoms with E-state index in [-0.39, 0.29) is 5.91 Å². The van der Waals surface area contributed by atoms with Crippen LogP contribution in [0, 0.1) is 0 Å². The molecule has 0 saturated heterocycles. The number of amides is 1. The quantitative estimate of drug-likeness (QED) is 0.667. The van der Waals surface area contributed by atoms with Crippen LogP contribution in [0.3, 0.4) is 0 Å². The molecule has 0 aliphatic rings. The smallest absolute Gasteiger partial charge is 0.251 e. The number of carbonyl (C=O) groups excluding carboxylic acids is 1. The molecule has 1 heterocycles. The van der Waals surface area contributed by atoms with Crippen LogP contribution in [0.5, 0.6) is 0 Å². The third kappa shape index (κ3) is 2.38. The molecule has 1 amide bonds. The third-order valence-electron chi connectivity index (χ3n) is 2.15. The van der Waals surface area contributed by atoms with Gasteiger partial charge in [0.2, 0.25) is 0 Å². The number of aromatic amines is 1. The van der Waals surface area contributed by atoms with Crippen molar-refractivity contribution >= 4 is 11.6 Å². The van der Waals surface area contributed by atoms with Crippen LogP contribution < -0.4 is 11.1 Å². The first-order valence-electron chi connectivity index (χ1n) is 4.88. The van der Waals surface area contributed by atoms with Gasteiger partial charge in [0, 0.05) is 17.4 Å². The van der Waals surface area contributed by atoms with Gasteiger partial charge < -0.3 is 11.1 Å². The van der Waals surface area contributed by atoms with Crippen LogP contribution in [0.2, 0.25) is 0 Å². The average molecular weight is 216 g/mol. The molecule has 2 aromatic rings. The molecular weight excluding hydrogens is 204 g/mol. The van der Waals surface area contributed by atoms with Gasteiger partial charge in [0.05, 0.1) is 12.2 Å². The van der Waals surface area contributed by atoms with E-state index in [1.165, 1.54) is 0 Å². The monoisotopic (exact) mass is 216 g/mol. The molecule has 4 N–H and O–H groups in total. The largest absolute Gasteiger partial charge is 0.399 e. The van der Waals surface area contributed by atoms with Crippen LogP contribution in [0.25, 0.3) is 0 Å². The zero-order valence-electron chi connectivity index (χ0n) is 8.60. The molecule has 0 unspecified atom stereocenters. The van der Waals surface area contributed by atoms with E-state index in [2.05, 4.69) is 15.5 Å². The number of aromatic nitrogens is 2. The summed E-state index contributed by atoms with van der Waals surface area (Å²) in [6.07, 6.45) is 1.64. The minimum atomic E-state index is -0.151. The maximum Gasteiger partial charge on any atom is 0.251 e. The Bertz CT molecular complexity index is 478. The summed E-state index contributed by atoms with van der Waals surface area (Å²) in [5.74, 6) is -0.151. The fourth-order valence-electron chi connectivity index (χ4n) is 1.34. The minimum absolute atomic E-state index is 0.151. The summed E-state index contributed by atoms with van der Waals surface area (Å²) >= 11 is 0. The molecule has 2 rings (SSSR count). The molecule has 16 heavy (non-hydrogen) atoms. The van der Waals surface area contributed by atoms with E-state index in [0.29, 0.717) is 17.8 Å². The molecule has 0 atom stereocenters. The lowest BCUT2D eigenvalue weighted by molar-refractivity contribution is 0.0950. The lowest BCUT2D eigenvalue weighted by atomic mass is 10.2. The first-order valence-corrected chi connectivity index (χ1v) is 4.88. The van der Waals surface area contributed by atoms with E-state index in [1.54, 1.807) is 36.5 Å². The van der Waals surface area contributed by atoms with Crippen molar-refractivity contribution in [2.75, 3.05) is 5.73 Å². The van der Waals surface area contributed by atoms with Gasteiger partial charge in [-0.25, -0.2) is 0 Å². The second-order valence-corrected chi connectivity index (χ2v) is 3.39. The number of H-pyrrole nitrogens is 1. The van der Waals surface area contributed by atoms with E-state index >= 15 is 0 Å². The zero-order valence-corrected chi connectivity index (χ0v) is 8.60. The van der Waals surface area contributed by atoms with Crippen molar-refractivity contribution in [3.63, 3.8) is 0 Å². The second kappa shape index (κ2) is 4.48. The molecule has 5 heteroatoms. The lowest BCUT2D eigenvalue weighted by Crippen LogP contribution is -2.23. The summed E-state index contributed by atoms with van der Waals surface area (Å²) in [7, 11) is 0. The predicted octanol–water partition coefficient (Wildman–Crippen LogP) is 0.922. The topological polar surface area (TPSA) is 83.8 Å². The molecule has 0 aliphatic heterocycles. The van der Waals surface area contributed by atoms with Gasteiger partial charge in [-0.05, 0) is 24.3 Å².